The van der Waals surface area contributed by atoms with Crippen molar-refractivity contribution >= 4 is 29.7 Å². The van der Waals surface area contributed by atoms with E-state index in [4.69, 9.17) is 14.9 Å². The van der Waals surface area contributed by atoms with Gasteiger partial charge in [0.05, 0.1) is 5.92 Å². The van der Waals surface area contributed by atoms with Crippen LogP contribution in [0.2, 0.25) is 0 Å². The fourth-order valence-electron chi connectivity index (χ4n) is 3.51. The lowest BCUT2D eigenvalue weighted by Crippen LogP contribution is -2.52. The third-order valence-electron chi connectivity index (χ3n) is 5.16. The molecule has 0 saturated carbocycles. The topological polar surface area (TPSA) is 142 Å². The molecular weight excluding hydrogens is 372 g/mol. The number of imide groups is 1. The Bertz CT molecular complexity index is 647. The molecule has 4 saturated heterocycles. The van der Waals surface area contributed by atoms with Gasteiger partial charge in [-0.15, -0.1) is 0 Å². The van der Waals surface area contributed by atoms with Crippen LogP contribution in [-0.2, 0) is 28.7 Å². The van der Waals surface area contributed by atoms with Crippen LogP contribution in [-0.4, -0.2) is 82.5 Å². The van der Waals surface area contributed by atoms with E-state index in [1.807, 2.05) is 0 Å². The van der Waals surface area contributed by atoms with E-state index in [1.165, 1.54) is 7.05 Å². The summed E-state index contributed by atoms with van der Waals surface area (Å²) in [5.41, 5.74) is 0. The third kappa shape index (κ3) is 5.88. The van der Waals surface area contributed by atoms with Crippen molar-refractivity contribution in [1.82, 2.24) is 9.80 Å². The average Bonchev–Trinajstić information content (AvgIpc) is 2.65. The lowest BCUT2D eigenvalue weighted by molar-refractivity contribution is -0.170. The zero-order chi connectivity index (χ0) is 20.8. The van der Waals surface area contributed by atoms with Crippen molar-refractivity contribution in [2.45, 2.75) is 31.8 Å². The number of ether oxygens (including phenoxy) is 1. The summed E-state index contributed by atoms with van der Waals surface area (Å²) in [5, 5.41) is 15.6. The van der Waals surface area contributed by atoms with Crippen LogP contribution in [0.3, 0.4) is 0 Å². The lowest BCUT2D eigenvalue weighted by atomic mass is 9.85. The molecule has 10 nitrogen and oxygen atoms in total. The minimum Gasteiger partial charge on any atom is -0.478 e. The molecule has 0 aromatic rings. The molecule has 0 aliphatic carbocycles. The number of esters is 1. The number of hydrogen-bond acceptors (Lipinski definition) is 7. The molecule has 4 heterocycles. The monoisotopic (exact) mass is 396 g/mol. The quantitative estimate of drug-likeness (QED) is 0.373. The minimum absolute atomic E-state index is 0.0603. The van der Waals surface area contributed by atoms with Crippen LogP contribution in [0.5, 0.6) is 0 Å². The Kier molecular flexibility index (Phi) is 7.27. The maximum Gasteiger partial charge on any atom is 0.328 e. The van der Waals surface area contributed by atoms with E-state index in [1.54, 1.807) is 0 Å². The van der Waals surface area contributed by atoms with E-state index in [2.05, 4.69) is 4.90 Å². The fourth-order valence-corrected chi connectivity index (χ4v) is 3.51. The fraction of sp³-hybridized carbons (Fsp3) is 0.611. The van der Waals surface area contributed by atoms with Gasteiger partial charge in [-0.1, -0.05) is 0 Å². The van der Waals surface area contributed by atoms with Crippen LogP contribution in [0.25, 0.3) is 0 Å². The van der Waals surface area contributed by atoms with Gasteiger partial charge in [0.1, 0.15) is 6.10 Å². The van der Waals surface area contributed by atoms with E-state index < -0.39 is 17.9 Å². The maximum atomic E-state index is 12.2. The summed E-state index contributed by atoms with van der Waals surface area (Å²) in [4.78, 5) is 57.9. The summed E-state index contributed by atoms with van der Waals surface area (Å²) in [6.07, 6.45) is 3.37. The molecule has 4 fully saturated rings. The highest BCUT2D eigenvalue weighted by molar-refractivity contribution is 6.01. The van der Waals surface area contributed by atoms with Gasteiger partial charge in [-0.25, -0.2) is 9.59 Å². The summed E-state index contributed by atoms with van der Waals surface area (Å²) in [7, 11) is 1.46. The third-order valence-corrected chi connectivity index (χ3v) is 5.16. The molecule has 10 heteroatoms. The molecular formula is C18H24N2O8. The summed E-state index contributed by atoms with van der Waals surface area (Å²) in [5.74, 6) is -3.63. The van der Waals surface area contributed by atoms with E-state index in [0.717, 1.165) is 37.4 Å². The number of nitrogens with zero attached hydrogens (tertiary/aromatic N) is 2. The highest BCUT2D eigenvalue weighted by Gasteiger charge is 2.40. The normalized spacial score (nSPS) is 27.3. The predicted octanol–water partition coefficient (Wildman–Crippen LogP) is -0.269. The standard InChI is InChI=1S/C14H20N2O4.C4H4O4/c1-15-12(17)6-10(7-13(15)18)14(19)20-11-8-16-4-2-9(11)3-5-16;5-3(6)1-2-4(7)8/h9-11H,2-8H2,1H3;1-2H,(H,5,6)(H,7,8)/b;2-1+. The average molecular weight is 396 g/mol. The number of piperidine rings is 4. The Labute approximate surface area is 161 Å². The van der Waals surface area contributed by atoms with Gasteiger partial charge in [0.15, 0.2) is 0 Å². The van der Waals surface area contributed by atoms with Crippen molar-refractivity contribution in [2.24, 2.45) is 11.8 Å². The molecule has 2 amide bonds. The molecule has 0 aromatic heterocycles. The number of amides is 2. The van der Waals surface area contributed by atoms with Gasteiger partial charge in [-0.3, -0.25) is 24.2 Å². The number of rotatable bonds is 4. The maximum absolute atomic E-state index is 12.2. The van der Waals surface area contributed by atoms with Crippen molar-refractivity contribution in [2.75, 3.05) is 26.7 Å². The first-order valence-electron chi connectivity index (χ1n) is 9.03. The van der Waals surface area contributed by atoms with Crippen LogP contribution in [0.1, 0.15) is 25.7 Å². The molecule has 0 radical (unpaired) electrons. The highest BCUT2D eigenvalue weighted by atomic mass is 16.5. The smallest absolute Gasteiger partial charge is 0.328 e. The van der Waals surface area contributed by atoms with E-state index in [0.29, 0.717) is 18.1 Å². The van der Waals surface area contributed by atoms with Crippen LogP contribution in [0.15, 0.2) is 12.2 Å². The second kappa shape index (κ2) is 9.45. The predicted molar refractivity (Wildman–Crippen MR) is 94.0 cm³/mol. The van der Waals surface area contributed by atoms with E-state index in [9.17, 15) is 24.0 Å². The van der Waals surface area contributed by atoms with Gasteiger partial charge >= 0.3 is 17.9 Å². The highest BCUT2D eigenvalue weighted by Crippen LogP contribution is 2.31. The second-order valence-electron chi connectivity index (χ2n) is 7.07. The number of carbonyl (C=O) groups is 5. The summed E-state index contributed by atoms with van der Waals surface area (Å²) in [6, 6.07) is 0. The zero-order valence-electron chi connectivity index (χ0n) is 15.6. The first-order valence-corrected chi connectivity index (χ1v) is 9.03. The van der Waals surface area contributed by atoms with Crippen molar-refractivity contribution < 1.29 is 38.9 Å². The molecule has 1 unspecified atom stereocenters. The van der Waals surface area contributed by atoms with Gasteiger partial charge in [0, 0.05) is 38.6 Å². The van der Waals surface area contributed by atoms with Gasteiger partial charge in [-0.05, 0) is 31.8 Å². The Balaban J connectivity index is 0.000000300. The summed E-state index contributed by atoms with van der Waals surface area (Å²) in [6.45, 7) is 2.97. The Morgan fingerprint density at radius 3 is 1.89 bits per heavy atom. The Morgan fingerprint density at radius 2 is 1.50 bits per heavy atom. The second-order valence-corrected chi connectivity index (χ2v) is 7.07. The Morgan fingerprint density at radius 1 is 1.00 bits per heavy atom. The molecule has 2 N–H and O–H groups in total. The number of carboxylic acids is 2. The molecule has 4 aliphatic heterocycles. The molecule has 4 aliphatic rings. The number of fused-ring (bicyclic) bond motifs is 3. The van der Waals surface area contributed by atoms with Crippen molar-refractivity contribution in [3.05, 3.63) is 12.2 Å². The molecule has 4 rings (SSSR count). The van der Waals surface area contributed by atoms with Gasteiger partial charge in [0.2, 0.25) is 11.8 Å². The molecule has 28 heavy (non-hydrogen) atoms. The van der Waals surface area contributed by atoms with E-state index in [-0.39, 0.29) is 36.7 Å². The zero-order valence-corrected chi connectivity index (χ0v) is 15.6. The summed E-state index contributed by atoms with van der Waals surface area (Å²) < 4.78 is 5.59. The number of aliphatic carboxylic acids is 2. The van der Waals surface area contributed by atoms with Crippen LogP contribution in [0.4, 0.5) is 0 Å². The van der Waals surface area contributed by atoms with Crippen molar-refractivity contribution in [1.29, 1.82) is 0 Å². The van der Waals surface area contributed by atoms with Crippen LogP contribution < -0.4 is 0 Å². The number of carboxylic acid groups (broad SMARTS) is 2. The number of carbonyl (C=O) groups excluding carboxylic acids is 3. The number of likely N-dealkylation sites (tertiary alicyclic amines) is 1. The van der Waals surface area contributed by atoms with Gasteiger partial charge in [0.25, 0.3) is 0 Å². The van der Waals surface area contributed by atoms with Crippen LogP contribution >= 0.6 is 0 Å². The molecule has 154 valence electrons. The summed E-state index contributed by atoms with van der Waals surface area (Å²) >= 11 is 0. The van der Waals surface area contributed by atoms with Gasteiger partial charge < -0.3 is 14.9 Å². The molecule has 0 aromatic carbocycles. The van der Waals surface area contributed by atoms with E-state index >= 15 is 0 Å². The Hall–Kier alpha value is -2.75. The molecule has 0 spiro atoms. The molecule has 1 atom stereocenters. The SMILES string of the molecule is CN1C(=O)CC(C(=O)OC2CN3CCC2CC3)CC1=O.O=C(O)/C=C/C(=O)O. The molecule has 2 bridgehead atoms. The number of hydrogen-bond donors (Lipinski definition) is 2. The van der Waals surface area contributed by atoms with Crippen LogP contribution in [0, 0.1) is 11.8 Å². The first-order chi connectivity index (χ1) is 13.2. The van der Waals surface area contributed by atoms with Gasteiger partial charge in [-0.2, -0.15) is 0 Å². The van der Waals surface area contributed by atoms with Crippen molar-refractivity contribution in [3.8, 4) is 0 Å². The minimum atomic E-state index is -1.26. The largest absolute Gasteiger partial charge is 0.478 e. The first kappa shape index (κ1) is 21.5. The van der Waals surface area contributed by atoms with Crippen molar-refractivity contribution in [3.63, 3.8) is 0 Å². The lowest BCUT2D eigenvalue weighted by Gasteiger charge is -2.44.